The zero-order valence-electron chi connectivity index (χ0n) is 2.13. The minimum Gasteiger partial charge on any atom is -0.147 e. The van der Waals surface area contributed by atoms with E-state index in [9.17, 15) is 0 Å². The molecule has 0 rings (SSSR count). The van der Waals surface area contributed by atoms with Crippen molar-refractivity contribution in [3.63, 3.8) is 0 Å². The molecule has 0 bridgehead atoms. The van der Waals surface area contributed by atoms with Crippen LogP contribution in [0.25, 0.3) is 0 Å². The third kappa shape index (κ3) is 23.8. The van der Waals surface area contributed by atoms with Crippen LogP contribution in [0.3, 0.4) is 0 Å². The molecule has 36 valence electrons. The van der Waals surface area contributed by atoms with Gasteiger partial charge in [0.1, 0.15) is 0 Å². The van der Waals surface area contributed by atoms with E-state index < -0.39 is 0 Å². The summed E-state index contributed by atoms with van der Waals surface area (Å²) in [7, 11) is 0. The summed E-state index contributed by atoms with van der Waals surface area (Å²) in [5.41, 5.74) is 0. The second kappa shape index (κ2) is 37.0. The molecule has 5 heteroatoms. The maximum atomic E-state index is 0. The van der Waals surface area contributed by atoms with E-state index in [0.29, 0.717) is 0 Å². The van der Waals surface area contributed by atoms with Gasteiger partial charge in [-0.1, -0.05) is 0 Å². The minimum atomic E-state index is 0. The second-order valence-corrected chi connectivity index (χ2v) is 0. The predicted molar refractivity (Wildman–Crippen MR) is 29.0 cm³/mol. The average Bonchev–Trinajstić information content (AvgIpc) is 0. The normalized spacial score (nSPS) is 0. The molecule has 0 saturated heterocycles. The molecule has 0 heterocycles. The molecule has 0 aliphatic rings. The molecule has 0 aliphatic carbocycles. The molecule has 0 unspecified atom stereocenters. The predicted octanol–water partition coefficient (Wildman–Crippen LogP) is 1.68. The number of hydrogen-bond acceptors (Lipinski definition) is 0. The Balaban J connectivity index is 0. The molecule has 0 atom stereocenters. The summed E-state index contributed by atoms with van der Waals surface area (Å²) in [6.07, 6.45) is 0. The fourth-order valence-electron chi connectivity index (χ4n) is 0. The van der Waals surface area contributed by atoms with Crippen molar-refractivity contribution >= 4 is 49.6 Å². The monoisotopic (exact) mass is 324 g/mol. The largest absolute Gasteiger partial charge is 0.147 e. The van der Waals surface area contributed by atoms with Crippen LogP contribution in [0.15, 0.2) is 0 Å². The summed E-state index contributed by atoms with van der Waals surface area (Å²) in [5, 5.41) is 0. The van der Waals surface area contributed by atoms with Gasteiger partial charge in [-0.15, -0.1) is 49.6 Å². The summed E-state index contributed by atoms with van der Waals surface area (Å²) in [5.74, 6) is 0. The molecular weight excluding hydrogens is 320 g/mol. The van der Waals surface area contributed by atoms with E-state index in [1.54, 1.807) is 0 Å². The summed E-state index contributed by atoms with van der Waals surface area (Å²) in [6.45, 7) is 0. The Morgan fingerprint density at radius 1 is 0.400 bits per heavy atom. The summed E-state index contributed by atoms with van der Waals surface area (Å²) >= 11 is 0. The summed E-state index contributed by atoms with van der Waals surface area (Å²) in [6, 6.07) is 0. The van der Waals surface area contributed by atoms with Gasteiger partial charge in [-0.25, -0.2) is 0 Å². The van der Waals surface area contributed by atoms with Gasteiger partial charge in [0.15, 0.2) is 0 Å². The Morgan fingerprint density at radius 3 is 0.400 bits per heavy atom. The maximum absolute atomic E-state index is 0. The molecule has 0 N–H and O–H groups in total. The Bertz CT molecular complexity index is 3.61. The first-order valence-electron chi connectivity index (χ1n) is 0. The first kappa shape index (κ1) is 62.0. The van der Waals surface area contributed by atoms with Gasteiger partial charge >= 0.3 is 0 Å². The Kier molecular flexibility index (Phi) is 459. The average molecular weight is 324 g/mol. The van der Waals surface area contributed by atoms with Crippen LogP contribution in [-0.2, 0) is 25.8 Å². The van der Waals surface area contributed by atoms with Gasteiger partial charge in [-0.3, -0.25) is 0 Å². The second-order valence-electron chi connectivity index (χ2n) is 0. The smallest absolute Gasteiger partial charge is 0 e. The summed E-state index contributed by atoms with van der Waals surface area (Å²) < 4.78 is 0. The SMILES string of the molecule is Cl.Cl.Cl.Cl.[Hf]. The maximum Gasteiger partial charge on any atom is 0 e. The zero-order chi connectivity index (χ0) is 0. The van der Waals surface area contributed by atoms with Crippen molar-refractivity contribution in [1.82, 2.24) is 0 Å². The van der Waals surface area contributed by atoms with Crippen molar-refractivity contribution in [3.05, 3.63) is 0 Å². The van der Waals surface area contributed by atoms with Gasteiger partial charge in [0.05, 0.1) is 0 Å². The quantitative estimate of drug-likeness (QED) is 0.595. The van der Waals surface area contributed by atoms with Crippen molar-refractivity contribution in [3.8, 4) is 0 Å². The van der Waals surface area contributed by atoms with Crippen LogP contribution in [0.2, 0.25) is 0 Å². The zero-order valence-corrected chi connectivity index (χ0v) is 8.99. The van der Waals surface area contributed by atoms with E-state index in [4.69, 9.17) is 0 Å². The van der Waals surface area contributed by atoms with Crippen LogP contribution in [0.5, 0.6) is 0 Å². The molecule has 0 saturated carbocycles. The number of rotatable bonds is 0. The minimum absolute atomic E-state index is 0. The molecular formula is H4Cl4Hf. The molecule has 0 aromatic rings. The fourth-order valence-corrected chi connectivity index (χ4v) is 0. The van der Waals surface area contributed by atoms with Crippen molar-refractivity contribution in [2.45, 2.75) is 0 Å². The van der Waals surface area contributed by atoms with Crippen molar-refractivity contribution in [2.75, 3.05) is 0 Å². The van der Waals surface area contributed by atoms with E-state index in [2.05, 4.69) is 0 Å². The van der Waals surface area contributed by atoms with Crippen LogP contribution < -0.4 is 0 Å². The molecule has 0 amide bonds. The third-order valence-electron chi connectivity index (χ3n) is 0. The van der Waals surface area contributed by atoms with Crippen LogP contribution in [0.4, 0.5) is 0 Å². The Hall–Kier alpha value is 2.03. The van der Waals surface area contributed by atoms with Crippen molar-refractivity contribution < 1.29 is 25.8 Å². The molecule has 0 aromatic carbocycles. The molecule has 0 aromatic heterocycles. The van der Waals surface area contributed by atoms with Crippen molar-refractivity contribution in [2.24, 2.45) is 0 Å². The van der Waals surface area contributed by atoms with E-state index in [-0.39, 0.29) is 75.5 Å². The number of hydrogen-bond donors (Lipinski definition) is 0. The van der Waals surface area contributed by atoms with E-state index >= 15 is 0 Å². The van der Waals surface area contributed by atoms with Crippen molar-refractivity contribution in [1.29, 1.82) is 0 Å². The van der Waals surface area contributed by atoms with E-state index in [1.165, 1.54) is 0 Å². The van der Waals surface area contributed by atoms with E-state index in [0.717, 1.165) is 0 Å². The van der Waals surface area contributed by atoms with Crippen LogP contribution in [0.1, 0.15) is 0 Å². The van der Waals surface area contributed by atoms with Crippen LogP contribution >= 0.6 is 49.6 Å². The van der Waals surface area contributed by atoms with Crippen LogP contribution in [0, 0.1) is 0 Å². The molecule has 0 spiro atoms. The first-order chi connectivity index (χ1) is 0. The molecule has 5 heavy (non-hydrogen) atoms. The Labute approximate surface area is 74.9 Å². The molecule has 0 nitrogen and oxygen atoms in total. The van der Waals surface area contributed by atoms with Gasteiger partial charge in [0.25, 0.3) is 0 Å². The first-order valence-corrected chi connectivity index (χ1v) is 0. The Morgan fingerprint density at radius 2 is 0.400 bits per heavy atom. The van der Waals surface area contributed by atoms with Gasteiger partial charge in [0.2, 0.25) is 0 Å². The van der Waals surface area contributed by atoms with Gasteiger partial charge in [-0.2, -0.15) is 0 Å². The third-order valence-corrected chi connectivity index (χ3v) is 0. The van der Waals surface area contributed by atoms with Gasteiger partial charge in [-0.05, 0) is 0 Å². The topological polar surface area (TPSA) is 0 Å². The number of halogens is 4. The molecule has 0 radical (unpaired) electrons. The van der Waals surface area contributed by atoms with Gasteiger partial charge < -0.3 is 0 Å². The van der Waals surface area contributed by atoms with Crippen LogP contribution in [-0.4, -0.2) is 0 Å². The summed E-state index contributed by atoms with van der Waals surface area (Å²) in [4.78, 5) is 0. The van der Waals surface area contributed by atoms with E-state index in [1.807, 2.05) is 0 Å². The standard InChI is InChI=1S/4ClH.Hf/h4*1H;. The molecule has 0 fully saturated rings. The fraction of sp³-hybridized carbons (Fsp3) is 0. The van der Waals surface area contributed by atoms with Gasteiger partial charge in [0, 0.05) is 25.8 Å². The molecule has 0 aliphatic heterocycles.